The van der Waals surface area contributed by atoms with Gasteiger partial charge < -0.3 is 10.2 Å². The predicted molar refractivity (Wildman–Crippen MR) is 99.0 cm³/mol. The third kappa shape index (κ3) is 4.24. The van der Waals surface area contributed by atoms with Crippen molar-refractivity contribution in [1.82, 2.24) is 0 Å². The van der Waals surface area contributed by atoms with Crippen molar-refractivity contribution < 1.29 is 9.69 Å². The van der Waals surface area contributed by atoms with E-state index in [9.17, 15) is 4.79 Å². The number of carbonyl (C=O) groups is 1. The number of quaternary nitrogens is 1. The summed E-state index contributed by atoms with van der Waals surface area (Å²) in [5.74, 6) is 1.51. The monoisotopic (exact) mass is 323 g/mol. The zero-order valence-electron chi connectivity index (χ0n) is 14.6. The fraction of sp³-hybridized carbons (Fsp3) is 0.381. The first-order valence-electron chi connectivity index (χ1n) is 8.89. The number of nitrogens with one attached hydrogen (secondary N) is 2. The van der Waals surface area contributed by atoms with Crippen molar-refractivity contribution in [3.63, 3.8) is 0 Å². The molecule has 1 amide bonds. The highest BCUT2D eigenvalue weighted by Gasteiger charge is 2.26. The molecule has 0 radical (unpaired) electrons. The molecule has 2 atom stereocenters. The largest absolute Gasteiger partial charge is 0.327 e. The van der Waals surface area contributed by atoms with Gasteiger partial charge in [-0.25, -0.2) is 0 Å². The molecule has 0 aromatic heterocycles. The van der Waals surface area contributed by atoms with Crippen molar-refractivity contribution in [3.05, 3.63) is 54.6 Å². The highest BCUT2D eigenvalue weighted by atomic mass is 16.2. The van der Waals surface area contributed by atoms with Crippen LogP contribution in [-0.2, 0) is 4.79 Å². The summed E-state index contributed by atoms with van der Waals surface area (Å²) in [6.07, 6.45) is 1.28. The van der Waals surface area contributed by atoms with E-state index in [1.165, 1.54) is 11.3 Å². The van der Waals surface area contributed by atoms with E-state index in [0.717, 1.165) is 29.9 Å². The van der Waals surface area contributed by atoms with Crippen LogP contribution < -0.4 is 10.2 Å². The summed E-state index contributed by atoms with van der Waals surface area (Å²) in [4.78, 5) is 13.9. The van der Waals surface area contributed by atoms with Crippen molar-refractivity contribution in [2.24, 2.45) is 11.8 Å². The van der Waals surface area contributed by atoms with Gasteiger partial charge >= 0.3 is 0 Å². The molecular weight excluding hydrogens is 296 g/mol. The maximum atomic E-state index is 12.5. The topological polar surface area (TPSA) is 33.5 Å². The number of anilines is 1. The Kier molecular flexibility index (Phi) is 5.31. The highest BCUT2D eigenvalue weighted by molar-refractivity contribution is 5.96. The first-order chi connectivity index (χ1) is 11.6. The second-order valence-electron chi connectivity index (χ2n) is 7.24. The summed E-state index contributed by atoms with van der Waals surface area (Å²) in [5.41, 5.74) is 3.09. The maximum absolute atomic E-state index is 12.5. The minimum atomic E-state index is 0.106. The van der Waals surface area contributed by atoms with Crippen molar-refractivity contribution in [3.8, 4) is 11.1 Å². The number of amides is 1. The van der Waals surface area contributed by atoms with Gasteiger partial charge in [-0.05, 0) is 18.1 Å². The molecule has 1 fully saturated rings. The molecule has 24 heavy (non-hydrogen) atoms. The van der Waals surface area contributed by atoms with Crippen LogP contribution in [-0.4, -0.2) is 25.5 Å². The van der Waals surface area contributed by atoms with Crippen LogP contribution in [0, 0.1) is 11.8 Å². The Labute approximate surface area is 144 Å². The molecule has 3 nitrogen and oxygen atoms in total. The second-order valence-corrected chi connectivity index (χ2v) is 7.24. The minimum absolute atomic E-state index is 0.106. The van der Waals surface area contributed by atoms with Gasteiger partial charge in [0.25, 0.3) is 5.91 Å². The number of piperidine rings is 1. The van der Waals surface area contributed by atoms with Crippen molar-refractivity contribution >= 4 is 11.6 Å². The van der Waals surface area contributed by atoms with Crippen LogP contribution in [0.15, 0.2) is 54.6 Å². The molecule has 1 saturated heterocycles. The first kappa shape index (κ1) is 16.7. The molecule has 1 aliphatic heterocycles. The summed E-state index contributed by atoms with van der Waals surface area (Å²) in [6.45, 7) is 7.32. The zero-order valence-corrected chi connectivity index (χ0v) is 14.6. The third-order valence-corrected chi connectivity index (χ3v) is 4.78. The lowest BCUT2D eigenvalue weighted by Gasteiger charge is -2.31. The Morgan fingerprint density at radius 2 is 1.62 bits per heavy atom. The van der Waals surface area contributed by atoms with Gasteiger partial charge in [0.15, 0.2) is 6.54 Å². The minimum Gasteiger partial charge on any atom is -0.327 e. The Balaban J connectivity index is 1.69. The molecule has 2 aromatic carbocycles. The number of benzene rings is 2. The molecule has 2 N–H and O–H groups in total. The molecule has 0 aliphatic carbocycles. The van der Waals surface area contributed by atoms with E-state index in [4.69, 9.17) is 0 Å². The van der Waals surface area contributed by atoms with E-state index in [2.05, 4.69) is 37.4 Å². The number of hydrogen-bond donors (Lipinski definition) is 2. The lowest BCUT2D eigenvalue weighted by atomic mass is 9.92. The van der Waals surface area contributed by atoms with Gasteiger partial charge in [-0.2, -0.15) is 0 Å². The van der Waals surface area contributed by atoms with Gasteiger partial charge in [0, 0.05) is 23.1 Å². The van der Waals surface area contributed by atoms with Crippen molar-refractivity contribution in [1.29, 1.82) is 0 Å². The Morgan fingerprint density at radius 1 is 1.00 bits per heavy atom. The molecule has 1 heterocycles. The van der Waals surface area contributed by atoms with Crippen LogP contribution in [0.2, 0.25) is 0 Å². The quantitative estimate of drug-likeness (QED) is 0.891. The lowest BCUT2D eigenvalue weighted by Crippen LogP contribution is -3.15. The van der Waals surface area contributed by atoms with Gasteiger partial charge in [0.1, 0.15) is 0 Å². The third-order valence-electron chi connectivity index (χ3n) is 4.78. The molecule has 0 unspecified atom stereocenters. The molecule has 126 valence electrons. The standard InChI is InChI=1S/C21H26N2O/c1-16-12-17(2)14-23(13-16)15-21(24)22-20-11-7-6-10-19(20)18-8-4-3-5-9-18/h3-11,16-17H,12-15H2,1-2H3,(H,22,24)/p+1/t16-,17-/m1/s1. The molecular formula is C21H27N2O+. The highest BCUT2D eigenvalue weighted by Crippen LogP contribution is 2.27. The smallest absolute Gasteiger partial charge is 0.279 e. The van der Waals surface area contributed by atoms with Gasteiger partial charge in [-0.15, -0.1) is 0 Å². The summed E-state index contributed by atoms with van der Waals surface area (Å²) in [5, 5.41) is 3.13. The van der Waals surface area contributed by atoms with E-state index in [1.807, 2.05) is 36.4 Å². The molecule has 0 bridgehead atoms. The second kappa shape index (κ2) is 7.63. The van der Waals surface area contributed by atoms with Crippen LogP contribution in [0.25, 0.3) is 11.1 Å². The lowest BCUT2D eigenvalue weighted by molar-refractivity contribution is -0.904. The van der Waals surface area contributed by atoms with Gasteiger partial charge in [0.2, 0.25) is 0 Å². The van der Waals surface area contributed by atoms with E-state index >= 15 is 0 Å². The SMILES string of the molecule is C[C@@H]1C[C@@H](C)C[NH+](CC(=O)Nc2ccccc2-c2ccccc2)C1. The van der Waals surface area contributed by atoms with Crippen LogP contribution in [0.4, 0.5) is 5.69 Å². The van der Waals surface area contributed by atoms with Gasteiger partial charge in [-0.1, -0.05) is 62.4 Å². The average Bonchev–Trinajstić information content (AvgIpc) is 2.55. The van der Waals surface area contributed by atoms with Crippen LogP contribution in [0.1, 0.15) is 20.3 Å². The number of likely N-dealkylation sites (tertiary alicyclic amines) is 1. The molecule has 1 aliphatic rings. The summed E-state index contributed by atoms with van der Waals surface area (Å²) < 4.78 is 0. The fourth-order valence-electron chi connectivity index (χ4n) is 3.95. The van der Waals surface area contributed by atoms with Gasteiger partial charge in [0.05, 0.1) is 13.1 Å². The predicted octanol–water partition coefficient (Wildman–Crippen LogP) is 2.85. The number of hydrogen-bond acceptors (Lipinski definition) is 1. The van der Waals surface area contributed by atoms with E-state index in [-0.39, 0.29) is 5.91 Å². The molecule has 0 saturated carbocycles. The number of rotatable bonds is 4. The van der Waals surface area contributed by atoms with Crippen LogP contribution in [0.3, 0.4) is 0 Å². The van der Waals surface area contributed by atoms with Crippen LogP contribution >= 0.6 is 0 Å². The summed E-state index contributed by atoms with van der Waals surface area (Å²) >= 11 is 0. The Morgan fingerprint density at radius 3 is 2.33 bits per heavy atom. The van der Waals surface area contributed by atoms with E-state index < -0.39 is 0 Å². The fourth-order valence-corrected chi connectivity index (χ4v) is 3.95. The average molecular weight is 323 g/mol. The zero-order chi connectivity index (χ0) is 16.9. The van der Waals surface area contributed by atoms with Crippen molar-refractivity contribution in [2.75, 3.05) is 25.0 Å². The Hall–Kier alpha value is -2.13. The normalized spacial score (nSPS) is 23.7. The maximum Gasteiger partial charge on any atom is 0.279 e. The molecule has 2 aromatic rings. The number of carbonyl (C=O) groups excluding carboxylic acids is 1. The first-order valence-corrected chi connectivity index (χ1v) is 8.89. The van der Waals surface area contributed by atoms with E-state index in [0.29, 0.717) is 18.4 Å². The van der Waals surface area contributed by atoms with E-state index in [1.54, 1.807) is 0 Å². The summed E-state index contributed by atoms with van der Waals surface area (Å²) in [7, 11) is 0. The van der Waals surface area contributed by atoms with Gasteiger partial charge in [-0.3, -0.25) is 4.79 Å². The molecule has 3 heteroatoms. The molecule has 0 spiro atoms. The van der Waals surface area contributed by atoms with Crippen molar-refractivity contribution in [2.45, 2.75) is 20.3 Å². The molecule has 3 rings (SSSR count). The summed E-state index contributed by atoms with van der Waals surface area (Å²) in [6, 6.07) is 18.2. The number of para-hydroxylation sites is 1. The Bertz CT molecular complexity index is 673. The van der Waals surface area contributed by atoms with Crippen LogP contribution in [0.5, 0.6) is 0 Å².